The molecule has 3 heterocycles. The van der Waals surface area contributed by atoms with Crippen molar-refractivity contribution in [2.45, 2.75) is 32.1 Å². The second kappa shape index (κ2) is 11.5. The zero-order chi connectivity index (χ0) is 23.9. The number of nitrogens with one attached hydrogen (secondary N) is 2. The van der Waals surface area contributed by atoms with Gasteiger partial charge in [-0.15, -0.1) is 10.2 Å². The molecule has 34 heavy (non-hydrogen) atoms. The number of carbonyl (C=O) groups is 3. The largest absolute Gasteiger partial charge is 0.356 e. The van der Waals surface area contributed by atoms with Gasteiger partial charge in [-0.1, -0.05) is 11.3 Å². The number of carbonyl (C=O) groups excluding carboxylic acids is 3. The molecule has 2 N–H and O–H groups in total. The van der Waals surface area contributed by atoms with Crippen LogP contribution in [0.5, 0.6) is 0 Å². The van der Waals surface area contributed by atoms with Gasteiger partial charge in [0.1, 0.15) is 5.82 Å². The molecule has 2 fully saturated rings. The molecule has 0 radical (unpaired) electrons. The highest BCUT2D eigenvalue weighted by Crippen LogP contribution is 2.21. The van der Waals surface area contributed by atoms with Gasteiger partial charge in [-0.3, -0.25) is 14.4 Å². The summed E-state index contributed by atoms with van der Waals surface area (Å²) in [6, 6.07) is 5.35. The minimum atomic E-state index is -0.520. The van der Waals surface area contributed by atoms with Crippen LogP contribution in [0.1, 0.15) is 51.7 Å². The standard InChI is InChI=1S/C23H29FN6O3S/c24-17-6-8-18(9-7-17)26-20(32)21-27-28-22(34-21)23(33)30-14-3-5-16(15-30)19(31)25-10-4-13-29-11-1-2-12-29/h6-9,16H,1-5,10-15H2,(H,25,31)(H,26,32)/t16-/m0/s1. The van der Waals surface area contributed by atoms with Crippen LogP contribution in [0.2, 0.25) is 0 Å². The van der Waals surface area contributed by atoms with Gasteiger partial charge in [0.15, 0.2) is 0 Å². The van der Waals surface area contributed by atoms with E-state index in [0.29, 0.717) is 25.3 Å². The first-order valence-electron chi connectivity index (χ1n) is 11.7. The van der Waals surface area contributed by atoms with Crippen LogP contribution in [0.15, 0.2) is 24.3 Å². The summed E-state index contributed by atoms with van der Waals surface area (Å²) < 4.78 is 13.0. The molecule has 1 aromatic heterocycles. The Morgan fingerprint density at radius 2 is 1.76 bits per heavy atom. The summed E-state index contributed by atoms with van der Waals surface area (Å²) in [6.07, 6.45) is 4.91. The van der Waals surface area contributed by atoms with Gasteiger partial charge in [-0.05, 0) is 76.0 Å². The number of benzene rings is 1. The first-order valence-corrected chi connectivity index (χ1v) is 12.5. The fourth-order valence-electron chi connectivity index (χ4n) is 4.29. The van der Waals surface area contributed by atoms with Crippen molar-refractivity contribution in [3.63, 3.8) is 0 Å². The van der Waals surface area contributed by atoms with E-state index in [0.717, 1.165) is 50.2 Å². The highest BCUT2D eigenvalue weighted by atomic mass is 32.1. The molecule has 0 bridgehead atoms. The van der Waals surface area contributed by atoms with Crippen molar-refractivity contribution in [1.82, 2.24) is 25.3 Å². The Morgan fingerprint density at radius 3 is 2.53 bits per heavy atom. The fraction of sp³-hybridized carbons (Fsp3) is 0.522. The van der Waals surface area contributed by atoms with Crippen molar-refractivity contribution in [3.8, 4) is 0 Å². The minimum absolute atomic E-state index is 0.0180. The molecule has 2 aliphatic heterocycles. The number of anilines is 1. The Labute approximate surface area is 201 Å². The van der Waals surface area contributed by atoms with E-state index >= 15 is 0 Å². The molecule has 2 saturated heterocycles. The first-order chi connectivity index (χ1) is 16.5. The molecule has 1 aromatic carbocycles. The van der Waals surface area contributed by atoms with Gasteiger partial charge in [-0.2, -0.15) is 0 Å². The zero-order valence-corrected chi connectivity index (χ0v) is 19.8. The number of piperidine rings is 1. The molecule has 2 aliphatic rings. The number of aromatic nitrogens is 2. The number of hydrogen-bond acceptors (Lipinski definition) is 7. The summed E-state index contributed by atoms with van der Waals surface area (Å²) in [5, 5.41) is 13.5. The second-order valence-corrected chi connectivity index (χ2v) is 9.63. The first kappa shape index (κ1) is 24.2. The van der Waals surface area contributed by atoms with Crippen molar-refractivity contribution < 1.29 is 18.8 Å². The maximum Gasteiger partial charge on any atom is 0.286 e. The van der Waals surface area contributed by atoms with E-state index in [9.17, 15) is 18.8 Å². The van der Waals surface area contributed by atoms with Crippen LogP contribution < -0.4 is 10.6 Å². The van der Waals surface area contributed by atoms with E-state index in [1.54, 1.807) is 4.90 Å². The van der Waals surface area contributed by atoms with E-state index in [2.05, 4.69) is 25.7 Å². The molecule has 182 valence electrons. The molecule has 0 unspecified atom stereocenters. The lowest BCUT2D eigenvalue weighted by Crippen LogP contribution is -2.45. The maximum atomic E-state index is 13.0. The predicted molar refractivity (Wildman–Crippen MR) is 126 cm³/mol. The number of hydrogen-bond donors (Lipinski definition) is 2. The monoisotopic (exact) mass is 488 g/mol. The van der Waals surface area contributed by atoms with E-state index in [-0.39, 0.29) is 27.7 Å². The van der Waals surface area contributed by atoms with Crippen LogP contribution in [0.3, 0.4) is 0 Å². The van der Waals surface area contributed by atoms with Gasteiger partial charge >= 0.3 is 0 Å². The van der Waals surface area contributed by atoms with Crippen molar-refractivity contribution in [1.29, 1.82) is 0 Å². The van der Waals surface area contributed by atoms with E-state index < -0.39 is 11.7 Å². The fourth-order valence-corrected chi connectivity index (χ4v) is 5.00. The quantitative estimate of drug-likeness (QED) is 0.553. The molecular formula is C23H29FN6O3S. The molecule has 3 amide bonds. The minimum Gasteiger partial charge on any atom is -0.356 e. The van der Waals surface area contributed by atoms with Gasteiger partial charge in [0.2, 0.25) is 15.9 Å². The third kappa shape index (κ3) is 6.35. The summed E-state index contributed by atoms with van der Waals surface area (Å²) in [5.41, 5.74) is 0.416. The number of halogens is 1. The lowest BCUT2D eigenvalue weighted by atomic mass is 9.97. The van der Waals surface area contributed by atoms with Crippen LogP contribution in [0.25, 0.3) is 0 Å². The topological polar surface area (TPSA) is 108 Å². The molecule has 0 saturated carbocycles. The predicted octanol–water partition coefficient (Wildman–Crippen LogP) is 2.38. The smallest absolute Gasteiger partial charge is 0.286 e. The van der Waals surface area contributed by atoms with Crippen LogP contribution in [-0.4, -0.2) is 77.0 Å². The number of amides is 3. The average Bonchev–Trinajstić information content (AvgIpc) is 3.55. The number of nitrogens with zero attached hydrogens (tertiary/aromatic N) is 4. The van der Waals surface area contributed by atoms with Crippen LogP contribution in [-0.2, 0) is 4.79 Å². The highest BCUT2D eigenvalue weighted by molar-refractivity contribution is 7.15. The molecular weight excluding hydrogens is 459 g/mol. The van der Waals surface area contributed by atoms with Crippen LogP contribution >= 0.6 is 11.3 Å². The molecule has 11 heteroatoms. The normalized spacial score (nSPS) is 18.6. The Balaban J connectivity index is 1.26. The molecule has 4 rings (SSSR count). The van der Waals surface area contributed by atoms with Gasteiger partial charge in [0.25, 0.3) is 11.8 Å². The molecule has 9 nitrogen and oxygen atoms in total. The van der Waals surface area contributed by atoms with Crippen LogP contribution in [0, 0.1) is 11.7 Å². The van der Waals surface area contributed by atoms with E-state index in [1.165, 1.54) is 37.1 Å². The second-order valence-electron chi connectivity index (χ2n) is 8.66. The third-order valence-corrected chi connectivity index (χ3v) is 7.04. The Kier molecular flexibility index (Phi) is 8.17. The van der Waals surface area contributed by atoms with Crippen molar-refractivity contribution in [2.75, 3.05) is 44.6 Å². The molecule has 0 aliphatic carbocycles. The van der Waals surface area contributed by atoms with Gasteiger partial charge in [-0.25, -0.2) is 4.39 Å². The van der Waals surface area contributed by atoms with Gasteiger partial charge < -0.3 is 20.4 Å². The summed E-state index contributed by atoms with van der Waals surface area (Å²) in [5.74, 6) is -1.52. The molecule has 2 aromatic rings. The average molecular weight is 489 g/mol. The lowest BCUT2D eigenvalue weighted by molar-refractivity contribution is -0.126. The van der Waals surface area contributed by atoms with Crippen molar-refractivity contribution in [3.05, 3.63) is 40.1 Å². The van der Waals surface area contributed by atoms with E-state index in [4.69, 9.17) is 0 Å². The Hall–Kier alpha value is -2.92. The summed E-state index contributed by atoms with van der Waals surface area (Å²) in [7, 11) is 0. The lowest BCUT2D eigenvalue weighted by Gasteiger charge is -2.31. The van der Waals surface area contributed by atoms with E-state index in [1.807, 2.05) is 0 Å². The number of rotatable bonds is 8. The number of likely N-dealkylation sites (tertiary alicyclic amines) is 2. The van der Waals surface area contributed by atoms with Gasteiger partial charge in [0.05, 0.1) is 5.92 Å². The summed E-state index contributed by atoms with van der Waals surface area (Å²) in [4.78, 5) is 42.0. The van der Waals surface area contributed by atoms with Crippen molar-refractivity contribution >= 4 is 34.7 Å². The summed E-state index contributed by atoms with van der Waals surface area (Å²) in [6.45, 7) is 4.80. The third-order valence-electron chi connectivity index (χ3n) is 6.13. The Bertz CT molecular complexity index is 1010. The Morgan fingerprint density at radius 1 is 1.03 bits per heavy atom. The van der Waals surface area contributed by atoms with Crippen LogP contribution in [0.4, 0.5) is 10.1 Å². The van der Waals surface area contributed by atoms with Crippen molar-refractivity contribution in [2.24, 2.45) is 5.92 Å². The molecule has 0 spiro atoms. The maximum absolute atomic E-state index is 13.0. The zero-order valence-electron chi connectivity index (χ0n) is 19.0. The SMILES string of the molecule is O=C(Nc1ccc(F)cc1)c1nnc(C(=O)N2CCC[C@H](C(=O)NCCCN3CCCC3)C2)s1. The highest BCUT2D eigenvalue weighted by Gasteiger charge is 2.30. The molecule has 1 atom stereocenters. The van der Waals surface area contributed by atoms with Gasteiger partial charge in [0, 0.05) is 25.3 Å². The summed E-state index contributed by atoms with van der Waals surface area (Å²) >= 11 is 0.899.